The third-order valence-electron chi connectivity index (χ3n) is 5.07. The molecule has 1 atom stereocenters. The fourth-order valence-corrected chi connectivity index (χ4v) is 3.02. The molecular weight excluding hydrogens is 309 g/mol. The molecule has 0 aliphatic rings. The Morgan fingerprint density at radius 3 is 1.65 bits per heavy atom. The summed E-state index contributed by atoms with van der Waals surface area (Å²) in [5.41, 5.74) is 12.7. The Morgan fingerprint density at radius 2 is 1.22 bits per heavy atom. The summed E-state index contributed by atoms with van der Waals surface area (Å²) < 4.78 is 0. The second kappa shape index (κ2) is 7.73. The van der Waals surface area contributed by atoms with Crippen LogP contribution in [0, 0.1) is 34.6 Å². The van der Waals surface area contributed by atoms with E-state index in [2.05, 4.69) is 20.8 Å². The molecule has 2 N–H and O–H groups in total. The summed E-state index contributed by atoms with van der Waals surface area (Å²) in [6.45, 7) is 12.1. The average molecular weight is 336 g/mol. The Bertz CT molecular complexity index is 704. The summed E-state index contributed by atoms with van der Waals surface area (Å²) in [5.74, 6) is -0.0140. The van der Waals surface area contributed by atoms with E-state index >= 15 is 0 Å². The number of carbonyl (C=O) groups is 1. The first-order chi connectivity index (χ1) is 10.2. The average Bonchev–Trinajstić information content (AvgIpc) is 2.52. The molecule has 0 fully saturated rings. The molecule has 0 bridgehead atoms. The van der Waals surface area contributed by atoms with Crippen LogP contribution in [0.25, 0.3) is 0 Å². The van der Waals surface area contributed by atoms with Crippen molar-refractivity contribution >= 4 is 57.2 Å². The summed E-state index contributed by atoms with van der Waals surface area (Å²) >= 11 is 0. The molecule has 0 radical (unpaired) electrons. The van der Waals surface area contributed by atoms with Gasteiger partial charge < -0.3 is 5.73 Å². The van der Waals surface area contributed by atoms with Crippen LogP contribution in [0.5, 0.6) is 0 Å². The topological polar surface area (TPSA) is 43.1 Å². The molecule has 0 heterocycles. The molecule has 0 saturated carbocycles. The van der Waals surface area contributed by atoms with Gasteiger partial charge in [-0.2, -0.15) is 0 Å². The third-order valence-corrected chi connectivity index (χ3v) is 5.07. The molecule has 2 nitrogen and oxygen atoms in total. The van der Waals surface area contributed by atoms with Gasteiger partial charge in [0.05, 0.1) is 0 Å². The van der Waals surface area contributed by atoms with Crippen LogP contribution in [0.3, 0.4) is 0 Å². The van der Waals surface area contributed by atoms with Crippen molar-refractivity contribution in [2.75, 3.05) is 0 Å². The second-order valence-corrected chi connectivity index (χ2v) is 6.40. The summed E-state index contributed by atoms with van der Waals surface area (Å²) in [7, 11) is 0. The van der Waals surface area contributed by atoms with Gasteiger partial charge in [-0.25, -0.2) is 0 Å². The predicted octanol–water partition coefficient (Wildman–Crippen LogP) is 3.64. The monoisotopic (exact) mass is 335 g/mol. The van der Waals surface area contributed by atoms with E-state index < -0.39 is 5.54 Å². The van der Waals surface area contributed by atoms with Crippen LogP contribution in [-0.4, -0.2) is 57.2 Å². The molecule has 23 heavy (non-hydrogen) atoms. The van der Waals surface area contributed by atoms with Crippen LogP contribution in [0.15, 0.2) is 30.3 Å². The molecule has 1 unspecified atom stereocenters. The Hall–Kier alpha value is -0.294. The molecule has 0 aromatic heterocycles. The maximum atomic E-state index is 13.2. The zero-order chi connectivity index (χ0) is 16.7. The van der Waals surface area contributed by atoms with Crippen LogP contribution < -0.4 is 5.73 Å². The Balaban J connectivity index is 0.00000264. The molecular formula is C20H26KNO. The molecule has 0 aliphatic carbocycles. The zero-order valence-electron chi connectivity index (χ0n) is 14.4. The van der Waals surface area contributed by atoms with E-state index in [4.69, 9.17) is 5.73 Å². The van der Waals surface area contributed by atoms with E-state index in [-0.39, 0.29) is 57.2 Å². The summed E-state index contributed by atoms with van der Waals surface area (Å²) in [5, 5.41) is 0. The van der Waals surface area contributed by atoms with Gasteiger partial charge in [-0.1, -0.05) is 30.3 Å². The number of hydrogen-bond donors (Lipinski definition) is 1. The van der Waals surface area contributed by atoms with E-state index in [1.807, 2.05) is 44.2 Å². The van der Waals surface area contributed by atoms with Gasteiger partial charge >= 0.3 is 51.4 Å². The molecule has 0 spiro atoms. The Labute approximate surface area is 182 Å². The zero-order valence-corrected chi connectivity index (χ0v) is 14.4. The molecule has 2 aromatic carbocycles. The minimum atomic E-state index is -1.02. The van der Waals surface area contributed by atoms with Gasteiger partial charge in [0.15, 0.2) is 5.78 Å². The van der Waals surface area contributed by atoms with Crippen molar-refractivity contribution in [2.45, 2.75) is 47.1 Å². The van der Waals surface area contributed by atoms with Gasteiger partial charge in [0.2, 0.25) is 0 Å². The number of Topliss-reactive ketones (excluding diaryl/α,β-unsaturated/α-hetero) is 1. The first kappa shape index (κ1) is 20.8. The molecule has 3 heteroatoms. The molecule has 0 amide bonds. The van der Waals surface area contributed by atoms with Crippen LogP contribution in [-0.2, 0) is 5.54 Å². The van der Waals surface area contributed by atoms with Gasteiger partial charge in [-0.15, -0.1) is 0 Å². The summed E-state index contributed by atoms with van der Waals surface area (Å²) in [6.07, 6.45) is 0. The number of carbonyl (C=O) groups excluding carboxylic acids is 1. The standard InChI is InChI=1S/C20H25NO.K.H/c1-12-13(2)15(4)18(16(5)14(12)3)19(22)20(6,21)17-10-8-7-9-11-17;;/h7-11H,21H2,1-6H3;;. The van der Waals surface area contributed by atoms with Crippen molar-refractivity contribution in [2.24, 2.45) is 5.73 Å². The van der Waals surface area contributed by atoms with Crippen molar-refractivity contribution in [3.05, 3.63) is 69.3 Å². The second-order valence-electron chi connectivity index (χ2n) is 6.40. The van der Waals surface area contributed by atoms with Crippen LogP contribution in [0.4, 0.5) is 0 Å². The number of benzene rings is 2. The summed E-state index contributed by atoms with van der Waals surface area (Å²) in [6, 6.07) is 9.59. The van der Waals surface area contributed by atoms with Gasteiger partial charge in [0.25, 0.3) is 0 Å². The van der Waals surface area contributed by atoms with Crippen molar-refractivity contribution in [3.63, 3.8) is 0 Å². The molecule has 118 valence electrons. The number of rotatable bonds is 3. The van der Waals surface area contributed by atoms with Crippen molar-refractivity contribution < 1.29 is 4.79 Å². The van der Waals surface area contributed by atoms with Crippen molar-refractivity contribution in [1.29, 1.82) is 0 Å². The molecule has 2 rings (SSSR count). The minimum absolute atomic E-state index is 0. The van der Waals surface area contributed by atoms with E-state index in [1.165, 1.54) is 16.7 Å². The van der Waals surface area contributed by atoms with Crippen LogP contribution >= 0.6 is 0 Å². The Kier molecular flexibility index (Phi) is 6.97. The van der Waals surface area contributed by atoms with E-state index in [1.54, 1.807) is 6.92 Å². The van der Waals surface area contributed by atoms with E-state index in [0.717, 1.165) is 22.3 Å². The predicted molar refractivity (Wildman–Crippen MR) is 99.6 cm³/mol. The van der Waals surface area contributed by atoms with Gasteiger partial charge in [0.1, 0.15) is 5.54 Å². The van der Waals surface area contributed by atoms with Crippen LogP contribution in [0.2, 0.25) is 0 Å². The van der Waals surface area contributed by atoms with Crippen LogP contribution in [0.1, 0.15) is 50.7 Å². The normalized spacial score (nSPS) is 13.2. The maximum absolute atomic E-state index is 13.2. The fraction of sp³-hybridized carbons (Fsp3) is 0.350. The molecule has 0 aliphatic heterocycles. The molecule has 0 saturated heterocycles. The molecule has 2 aromatic rings. The van der Waals surface area contributed by atoms with E-state index in [0.29, 0.717) is 0 Å². The van der Waals surface area contributed by atoms with Gasteiger partial charge in [-0.3, -0.25) is 4.79 Å². The van der Waals surface area contributed by atoms with Crippen molar-refractivity contribution in [1.82, 2.24) is 0 Å². The SMILES string of the molecule is Cc1c(C)c(C)c(C(=O)C(C)(N)c2ccccc2)c(C)c1C.[KH]. The van der Waals surface area contributed by atoms with Gasteiger partial charge in [0, 0.05) is 5.56 Å². The first-order valence-corrected chi connectivity index (χ1v) is 7.65. The van der Waals surface area contributed by atoms with E-state index in [9.17, 15) is 4.79 Å². The van der Waals surface area contributed by atoms with Gasteiger partial charge in [-0.05, 0) is 74.9 Å². The Morgan fingerprint density at radius 1 is 0.826 bits per heavy atom. The number of nitrogens with two attached hydrogens (primary N) is 1. The summed E-state index contributed by atoms with van der Waals surface area (Å²) in [4.78, 5) is 13.2. The first-order valence-electron chi connectivity index (χ1n) is 7.65. The fourth-order valence-electron chi connectivity index (χ4n) is 3.02. The van der Waals surface area contributed by atoms with Crippen molar-refractivity contribution in [3.8, 4) is 0 Å². The number of hydrogen-bond acceptors (Lipinski definition) is 2. The number of ketones is 1. The quantitative estimate of drug-likeness (QED) is 0.687. The third kappa shape index (κ3) is 3.70.